The summed E-state index contributed by atoms with van der Waals surface area (Å²) in [5, 5.41) is 0. The van der Waals surface area contributed by atoms with Crippen molar-refractivity contribution in [3.05, 3.63) is 29.3 Å². The predicted octanol–water partition coefficient (Wildman–Crippen LogP) is 0.920. The molecule has 1 aromatic rings. The second-order valence-electron chi connectivity index (χ2n) is 4.23. The molecule has 1 aromatic carbocycles. The number of carbonyl (C=O) groups is 1. The second kappa shape index (κ2) is 4.03. The molecule has 6 heteroatoms. The van der Waals surface area contributed by atoms with Crippen LogP contribution in [0.2, 0.25) is 0 Å². The lowest BCUT2D eigenvalue weighted by atomic mass is 10.1. The van der Waals surface area contributed by atoms with Gasteiger partial charge in [0, 0.05) is 25.7 Å². The van der Waals surface area contributed by atoms with Crippen LogP contribution >= 0.6 is 0 Å². The third kappa shape index (κ3) is 2.76. The number of hydrogen-bond acceptors (Lipinski definition) is 3. The van der Waals surface area contributed by atoms with Crippen LogP contribution in [0.1, 0.15) is 18.1 Å². The van der Waals surface area contributed by atoms with Crippen LogP contribution in [0.5, 0.6) is 0 Å². The monoisotopic (exact) mass is 254 g/mol. The molecule has 1 heterocycles. The van der Waals surface area contributed by atoms with Gasteiger partial charge in [0.15, 0.2) is 0 Å². The minimum absolute atomic E-state index is 0.0267. The molecule has 0 aliphatic carbocycles. The van der Waals surface area contributed by atoms with E-state index in [-0.39, 0.29) is 5.91 Å². The van der Waals surface area contributed by atoms with Crippen molar-refractivity contribution < 1.29 is 13.2 Å². The van der Waals surface area contributed by atoms with E-state index in [1.54, 1.807) is 17.0 Å². The number of amides is 1. The standard InChI is InChI=1S/C11H14N2O3S/c1-8(14)13-6-9-3-4-11(5-10(9)7-13)12-17(2,15)16/h3-5,12H,6-7H2,1-2H3. The van der Waals surface area contributed by atoms with Crippen molar-refractivity contribution >= 4 is 21.6 Å². The van der Waals surface area contributed by atoms with Crippen LogP contribution in [-0.2, 0) is 27.9 Å². The summed E-state index contributed by atoms with van der Waals surface area (Å²) in [7, 11) is -3.25. The van der Waals surface area contributed by atoms with Gasteiger partial charge in [-0.2, -0.15) is 0 Å². The Morgan fingerprint density at radius 1 is 1.29 bits per heavy atom. The highest BCUT2D eigenvalue weighted by atomic mass is 32.2. The molecule has 17 heavy (non-hydrogen) atoms. The van der Waals surface area contributed by atoms with Crippen molar-refractivity contribution in [3.63, 3.8) is 0 Å². The molecule has 1 N–H and O–H groups in total. The molecule has 0 saturated heterocycles. The van der Waals surface area contributed by atoms with Gasteiger partial charge in [0.25, 0.3) is 0 Å². The number of benzene rings is 1. The molecule has 1 aliphatic heterocycles. The summed E-state index contributed by atoms with van der Waals surface area (Å²) in [6, 6.07) is 5.34. The molecular formula is C11H14N2O3S. The van der Waals surface area contributed by atoms with Gasteiger partial charge in [0.05, 0.1) is 6.26 Å². The Labute approximate surface area is 100 Å². The summed E-state index contributed by atoms with van der Waals surface area (Å²) < 4.78 is 24.6. The molecular weight excluding hydrogens is 240 g/mol. The Bertz CT molecular complexity index is 566. The second-order valence-corrected chi connectivity index (χ2v) is 5.98. The van der Waals surface area contributed by atoms with Crippen LogP contribution in [0.15, 0.2) is 18.2 Å². The number of rotatable bonds is 2. The number of nitrogens with one attached hydrogen (secondary N) is 1. The molecule has 0 unspecified atom stereocenters. The fraction of sp³-hybridized carbons (Fsp3) is 0.364. The van der Waals surface area contributed by atoms with E-state index in [1.165, 1.54) is 6.92 Å². The number of nitrogens with zero attached hydrogens (tertiary/aromatic N) is 1. The normalized spacial score (nSPS) is 14.6. The number of anilines is 1. The van der Waals surface area contributed by atoms with Gasteiger partial charge in [0.1, 0.15) is 0 Å². The summed E-state index contributed by atoms with van der Waals surface area (Å²) in [5.74, 6) is 0.0267. The minimum Gasteiger partial charge on any atom is -0.334 e. The van der Waals surface area contributed by atoms with E-state index in [4.69, 9.17) is 0 Å². The smallest absolute Gasteiger partial charge is 0.229 e. The van der Waals surface area contributed by atoms with Gasteiger partial charge in [0.2, 0.25) is 15.9 Å². The van der Waals surface area contributed by atoms with Crippen molar-refractivity contribution in [1.29, 1.82) is 0 Å². The van der Waals surface area contributed by atoms with Crippen molar-refractivity contribution in [3.8, 4) is 0 Å². The van der Waals surface area contributed by atoms with Gasteiger partial charge in [-0.1, -0.05) is 6.07 Å². The Balaban J connectivity index is 2.24. The van der Waals surface area contributed by atoms with Gasteiger partial charge in [-0.05, 0) is 23.3 Å². The molecule has 0 bridgehead atoms. The number of sulfonamides is 1. The van der Waals surface area contributed by atoms with Gasteiger partial charge in [-0.3, -0.25) is 9.52 Å². The molecule has 0 saturated carbocycles. The lowest BCUT2D eigenvalue weighted by Gasteiger charge is -2.11. The highest BCUT2D eigenvalue weighted by Crippen LogP contribution is 2.25. The summed E-state index contributed by atoms with van der Waals surface area (Å²) >= 11 is 0. The molecule has 92 valence electrons. The van der Waals surface area contributed by atoms with Gasteiger partial charge >= 0.3 is 0 Å². The minimum atomic E-state index is -3.25. The third-order valence-corrected chi connectivity index (χ3v) is 3.28. The summed E-state index contributed by atoms with van der Waals surface area (Å²) in [6.45, 7) is 2.68. The molecule has 1 amide bonds. The molecule has 1 aliphatic rings. The molecule has 0 spiro atoms. The number of fused-ring (bicyclic) bond motifs is 1. The van der Waals surface area contributed by atoms with Crippen molar-refractivity contribution in [1.82, 2.24) is 4.90 Å². The average Bonchev–Trinajstić information content (AvgIpc) is 2.57. The highest BCUT2D eigenvalue weighted by Gasteiger charge is 2.21. The quantitative estimate of drug-likeness (QED) is 0.853. The lowest BCUT2D eigenvalue weighted by Crippen LogP contribution is -2.21. The molecule has 5 nitrogen and oxygen atoms in total. The first-order valence-corrected chi connectivity index (χ1v) is 7.09. The van der Waals surface area contributed by atoms with Gasteiger partial charge in [-0.15, -0.1) is 0 Å². The number of hydrogen-bond donors (Lipinski definition) is 1. The third-order valence-electron chi connectivity index (χ3n) is 2.68. The maximum absolute atomic E-state index is 11.2. The van der Waals surface area contributed by atoms with Crippen molar-refractivity contribution in [2.24, 2.45) is 0 Å². The fourth-order valence-corrected chi connectivity index (χ4v) is 2.45. The van der Waals surface area contributed by atoms with E-state index >= 15 is 0 Å². The van der Waals surface area contributed by atoms with Crippen LogP contribution < -0.4 is 4.72 Å². The highest BCUT2D eigenvalue weighted by molar-refractivity contribution is 7.92. The molecule has 0 atom stereocenters. The van der Waals surface area contributed by atoms with Crippen LogP contribution in [0.3, 0.4) is 0 Å². The van der Waals surface area contributed by atoms with E-state index < -0.39 is 10.0 Å². The number of carbonyl (C=O) groups excluding carboxylic acids is 1. The largest absolute Gasteiger partial charge is 0.334 e. The summed E-state index contributed by atoms with van der Waals surface area (Å²) in [6.07, 6.45) is 1.11. The van der Waals surface area contributed by atoms with E-state index in [0.717, 1.165) is 17.4 Å². The topological polar surface area (TPSA) is 66.5 Å². The summed E-state index contributed by atoms with van der Waals surface area (Å²) in [5.41, 5.74) is 2.60. The Hall–Kier alpha value is -1.56. The fourth-order valence-electron chi connectivity index (χ4n) is 1.89. The van der Waals surface area contributed by atoms with E-state index in [1.807, 2.05) is 6.07 Å². The van der Waals surface area contributed by atoms with Crippen molar-refractivity contribution in [2.45, 2.75) is 20.0 Å². The van der Waals surface area contributed by atoms with E-state index in [9.17, 15) is 13.2 Å². The van der Waals surface area contributed by atoms with Gasteiger partial charge in [-0.25, -0.2) is 8.42 Å². The molecule has 2 rings (SSSR count). The van der Waals surface area contributed by atoms with Crippen LogP contribution in [0, 0.1) is 0 Å². The Morgan fingerprint density at radius 3 is 2.53 bits per heavy atom. The molecule has 0 radical (unpaired) electrons. The first-order chi connectivity index (χ1) is 7.85. The van der Waals surface area contributed by atoms with Crippen molar-refractivity contribution in [2.75, 3.05) is 11.0 Å². The zero-order valence-corrected chi connectivity index (χ0v) is 10.5. The maximum atomic E-state index is 11.2. The van der Waals surface area contributed by atoms with E-state index in [2.05, 4.69) is 4.72 Å². The summed E-state index contributed by atoms with van der Waals surface area (Å²) in [4.78, 5) is 13.0. The van der Waals surface area contributed by atoms with Crippen LogP contribution in [0.25, 0.3) is 0 Å². The molecule has 0 aromatic heterocycles. The zero-order valence-electron chi connectivity index (χ0n) is 9.73. The Morgan fingerprint density at radius 2 is 1.94 bits per heavy atom. The van der Waals surface area contributed by atoms with E-state index in [0.29, 0.717) is 18.8 Å². The Kier molecular flexibility index (Phi) is 2.82. The predicted molar refractivity (Wildman–Crippen MR) is 64.8 cm³/mol. The maximum Gasteiger partial charge on any atom is 0.229 e. The lowest BCUT2D eigenvalue weighted by molar-refractivity contribution is -0.129. The SMILES string of the molecule is CC(=O)N1Cc2ccc(NS(C)(=O)=O)cc2C1. The average molecular weight is 254 g/mol. The molecule has 0 fully saturated rings. The van der Waals surface area contributed by atoms with Crippen LogP contribution in [-0.4, -0.2) is 25.5 Å². The zero-order chi connectivity index (χ0) is 12.6. The first-order valence-electron chi connectivity index (χ1n) is 5.20. The van der Waals surface area contributed by atoms with Crippen LogP contribution in [0.4, 0.5) is 5.69 Å². The first kappa shape index (κ1) is 11.9. The van der Waals surface area contributed by atoms with Gasteiger partial charge < -0.3 is 4.90 Å².